The lowest BCUT2D eigenvalue weighted by Gasteiger charge is -2.19. The Bertz CT molecular complexity index is 760. The van der Waals surface area contributed by atoms with Gasteiger partial charge in [-0.3, -0.25) is 4.79 Å². The Morgan fingerprint density at radius 3 is 2.38 bits per heavy atom. The van der Waals surface area contributed by atoms with Gasteiger partial charge in [0.05, 0.1) is 12.2 Å². The number of amides is 1. The molecule has 0 atom stereocenters. The summed E-state index contributed by atoms with van der Waals surface area (Å²) in [5.41, 5.74) is 1.97. The number of carbonyl (C=O) groups excluding carboxylic acids is 1. The van der Waals surface area contributed by atoms with Crippen LogP contribution in [0.15, 0.2) is 48.5 Å². The molecular weight excluding hydrogens is 330 g/mol. The van der Waals surface area contributed by atoms with Crippen molar-refractivity contribution in [1.29, 1.82) is 0 Å². The van der Waals surface area contributed by atoms with Gasteiger partial charge in [0, 0.05) is 12.1 Å². The van der Waals surface area contributed by atoms with E-state index in [-0.39, 0.29) is 16.9 Å². The minimum Gasteiger partial charge on any atom is -0.494 e. The fourth-order valence-electron chi connectivity index (χ4n) is 2.43. The van der Waals surface area contributed by atoms with Gasteiger partial charge in [-0.1, -0.05) is 39.0 Å². The molecule has 0 aliphatic rings. The Balaban J connectivity index is 1.75. The number of aromatic carboxylic acids is 1. The van der Waals surface area contributed by atoms with Crippen LogP contribution in [-0.2, 0) is 10.2 Å². The van der Waals surface area contributed by atoms with E-state index in [2.05, 4.69) is 38.2 Å². The first-order chi connectivity index (χ1) is 12.3. The molecule has 0 heterocycles. The van der Waals surface area contributed by atoms with Crippen LogP contribution in [0.1, 0.15) is 49.5 Å². The molecule has 138 valence electrons. The monoisotopic (exact) mass is 355 g/mol. The van der Waals surface area contributed by atoms with E-state index in [4.69, 9.17) is 9.84 Å². The summed E-state index contributed by atoms with van der Waals surface area (Å²) in [6.45, 7) is 6.92. The first-order valence-corrected chi connectivity index (χ1v) is 8.62. The molecule has 0 bridgehead atoms. The van der Waals surface area contributed by atoms with E-state index in [1.165, 1.54) is 17.7 Å². The summed E-state index contributed by atoms with van der Waals surface area (Å²) in [4.78, 5) is 22.9. The Kier molecular flexibility index (Phi) is 6.39. The predicted octanol–water partition coefficient (Wildman–Crippen LogP) is 4.48. The summed E-state index contributed by atoms with van der Waals surface area (Å²) in [6, 6.07) is 14.2. The van der Waals surface area contributed by atoms with E-state index >= 15 is 0 Å². The lowest BCUT2D eigenvalue weighted by molar-refractivity contribution is -0.116. The maximum atomic E-state index is 11.9. The maximum absolute atomic E-state index is 11.9. The second kappa shape index (κ2) is 8.52. The van der Waals surface area contributed by atoms with E-state index in [0.717, 1.165) is 5.75 Å². The zero-order valence-corrected chi connectivity index (χ0v) is 15.4. The molecule has 0 aliphatic heterocycles. The number of carbonyl (C=O) groups is 2. The van der Waals surface area contributed by atoms with Gasteiger partial charge in [0.15, 0.2) is 0 Å². The Hall–Kier alpha value is -2.82. The molecule has 0 aromatic heterocycles. The normalized spacial score (nSPS) is 11.0. The maximum Gasteiger partial charge on any atom is 0.335 e. The van der Waals surface area contributed by atoms with Crippen LogP contribution in [0.3, 0.4) is 0 Å². The van der Waals surface area contributed by atoms with Gasteiger partial charge in [0.1, 0.15) is 5.75 Å². The van der Waals surface area contributed by atoms with Crippen LogP contribution in [0.5, 0.6) is 5.75 Å². The van der Waals surface area contributed by atoms with Crippen molar-refractivity contribution < 1.29 is 19.4 Å². The van der Waals surface area contributed by atoms with Crippen LogP contribution >= 0.6 is 0 Å². The minimum atomic E-state index is -1.02. The van der Waals surface area contributed by atoms with Gasteiger partial charge < -0.3 is 15.2 Å². The summed E-state index contributed by atoms with van der Waals surface area (Å²) in [5, 5.41) is 11.7. The quantitative estimate of drug-likeness (QED) is 0.718. The summed E-state index contributed by atoms with van der Waals surface area (Å²) in [6.07, 6.45) is 0.878. The third-order valence-electron chi connectivity index (χ3n) is 3.93. The average molecular weight is 355 g/mol. The largest absolute Gasteiger partial charge is 0.494 e. The number of carboxylic acids is 1. The molecule has 5 nitrogen and oxygen atoms in total. The van der Waals surface area contributed by atoms with Gasteiger partial charge in [-0.05, 0) is 47.7 Å². The van der Waals surface area contributed by atoms with Gasteiger partial charge in [0.25, 0.3) is 0 Å². The molecule has 0 spiro atoms. The number of anilines is 1. The Morgan fingerprint density at radius 1 is 1.08 bits per heavy atom. The van der Waals surface area contributed by atoms with Gasteiger partial charge in [-0.15, -0.1) is 0 Å². The van der Waals surface area contributed by atoms with Crippen LogP contribution in [-0.4, -0.2) is 23.6 Å². The highest BCUT2D eigenvalue weighted by Crippen LogP contribution is 2.24. The average Bonchev–Trinajstić information content (AvgIpc) is 2.58. The first-order valence-electron chi connectivity index (χ1n) is 8.62. The van der Waals surface area contributed by atoms with E-state index in [1.54, 1.807) is 12.1 Å². The number of hydrogen-bond donors (Lipinski definition) is 2. The fraction of sp³-hybridized carbons (Fsp3) is 0.333. The molecule has 0 fully saturated rings. The van der Waals surface area contributed by atoms with Gasteiger partial charge in [-0.25, -0.2) is 4.79 Å². The van der Waals surface area contributed by atoms with E-state index in [9.17, 15) is 9.59 Å². The molecule has 0 saturated heterocycles. The van der Waals surface area contributed by atoms with Crippen molar-refractivity contribution in [2.24, 2.45) is 0 Å². The minimum absolute atomic E-state index is 0.106. The predicted molar refractivity (Wildman–Crippen MR) is 102 cm³/mol. The van der Waals surface area contributed by atoms with Crippen molar-refractivity contribution in [3.63, 3.8) is 0 Å². The topological polar surface area (TPSA) is 75.6 Å². The van der Waals surface area contributed by atoms with Crippen molar-refractivity contribution in [2.75, 3.05) is 11.9 Å². The van der Waals surface area contributed by atoms with Crippen LogP contribution in [0.25, 0.3) is 0 Å². The van der Waals surface area contributed by atoms with Crippen LogP contribution < -0.4 is 10.1 Å². The van der Waals surface area contributed by atoms with Crippen molar-refractivity contribution in [2.45, 2.75) is 39.0 Å². The highest BCUT2D eigenvalue weighted by Gasteiger charge is 2.13. The first kappa shape index (κ1) is 19.5. The van der Waals surface area contributed by atoms with E-state index in [0.29, 0.717) is 25.1 Å². The molecular formula is C21H25NO4. The number of benzene rings is 2. The molecule has 2 N–H and O–H groups in total. The molecule has 2 rings (SSSR count). The second-order valence-electron chi connectivity index (χ2n) is 7.16. The second-order valence-corrected chi connectivity index (χ2v) is 7.16. The molecule has 0 unspecified atom stereocenters. The lowest BCUT2D eigenvalue weighted by Crippen LogP contribution is -2.13. The Labute approximate surface area is 154 Å². The number of nitrogens with one attached hydrogen (secondary N) is 1. The summed E-state index contributed by atoms with van der Waals surface area (Å²) < 4.78 is 5.67. The van der Waals surface area contributed by atoms with Gasteiger partial charge >= 0.3 is 5.97 Å². The number of hydrogen-bond acceptors (Lipinski definition) is 3. The third-order valence-corrected chi connectivity index (χ3v) is 3.93. The van der Waals surface area contributed by atoms with E-state index in [1.807, 2.05) is 12.1 Å². The van der Waals surface area contributed by atoms with Crippen molar-refractivity contribution >= 4 is 17.6 Å². The molecule has 0 saturated carbocycles. The highest BCUT2D eigenvalue weighted by atomic mass is 16.5. The summed E-state index contributed by atoms with van der Waals surface area (Å²) in [5.74, 6) is -0.404. The Morgan fingerprint density at radius 2 is 1.77 bits per heavy atom. The standard InChI is InChI=1S/C21H25NO4/c1-21(2,3)16-9-11-18(12-10-16)26-13-5-8-19(23)22-17-7-4-6-15(14-17)20(24)25/h4,6-7,9-12,14H,5,8,13H2,1-3H3,(H,22,23)(H,24,25). The van der Waals surface area contributed by atoms with Crippen molar-refractivity contribution in [3.8, 4) is 5.75 Å². The number of rotatable bonds is 7. The van der Waals surface area contributed by atoms with Crippen LogP contribution in [0.2, 0.25) is 0 Å². The zero-order valence-electron chi connectivity index (χ0n) is 15.4. The van der Waals surface area contributed by atoms with Crippen molar-refractivity contribution in [3.05, 3.63) is 59.7 Å². The smallest absolute Gasteiger partial charge is 0.335 e. The molecule has 0 radical (unpaired) electrons. The van der Waals surface area contributed by atoms with Crippen LogP contribution in [0, 0.1) is 0 Å². The number of ether oxygens (including phenoxy) is 1. The summed E-state index contributed by atoms with van der Waals surface area (Å²) >= 11 is 0. The van der Waals surface area contributed by atoms with Crippen LogP contribution in [0.4, 0.5) is 5.69 Å². The van der Waals surface area contributed by atoms with Crippen molar-refractivity contribution in [1.82, 2.24) is 0 Å². The third kappa shape index (κ3) is 5.92. The zero-order chi connectivity index (χ0) is 19.2. The molecule has 0 aliphatic carbocycles. The van der Waals surface area contributed by atoms with Gasteiger partial charge in [-0.2, -0.15) is 0 Å². The van der Waals surface area contributed by atoms with E-state index < -0.39 is 5.97 Å². The summed E-state index contributed by atoms with van der Waals surface area (Å²) in [7, 11) is 0. The molecule has 2 aromatic rings. The highest BCUT2D eigenvalue weighted by molar-refractivity contribution is 5.93. The SMILES string of the molecule is CC(C)(C)c1ccc(OCCCC(=O)Nc2cccc(C(=O)O)c2)cc1. The molecule has 2 aromatic carbocycles. The molecule has 26 heavy (non-hydrogen) atoms. The molecule has 5 heteroatoms. The number of carboxylic acid groups (broad SMARTS) is 1. The fourth-order valence-corrected chi connectivity index (χ4v) is 2.43. The lowest BCUT2D eigenvalue weighted by atomic mass is 9.87. The molecule has 1 amide bonds. The van der Waals surface area contributed by atoms with Gasteiger partial charge in [0.2, 0.25) is 5.91 Å².